The minimum absolute atomic E-state index is 0.0426. The van der Waals surface area contributed by atoms with E-state index < -0.39 is 0 Å². The lowest BCUT2D eigenvalue weighted by atomic mass is 10.1. The van der Waals surface area contributed by atoms with Crippen molar-refractivity contribution in [1.82, 2.24) is 4.90 Å². The van der Waals surface area contributed by atoms with E-state index in [4.69, 9.17) is 19.9 Å². The molecule has 0 saturated carbocycles. The molecule has 7 nitrogen and oxygen atoms in total. The Labute approximate surface area is 160 Å². The summed E-state index contributed by atoms with van der Waals surface area (Å²) >= 11 is 0. The number of aliphatic imine (C=N–C) groups is 1. The molecule has 0 saturated heterocycles. The van der Waals surface area contributed by atoms with Gasteiger partial charge in [-0.25, -0.2) is 0 Å². The second-order valence-electron chi connectivity index (χ2n) is 6.17. The van der Waals surface area contributed by atoms with Crippen LogP contribution >= 0.6 is 0 Å². The van der Waals surface area contributed by atoms with Crippen LogP contribution in [0.2, 0.25) is 0 Å². The molecule has 0 aliphatic rings. The highest BCUT2D eigenvalue weighted by molar-refractivity contribution is 5.92. The zero-order valence-electron chi connectivity index (χ0n) is 16.5. The highest BCUT2D eigenvalue weighted by atomic mass is 16.5. The van der Waals surface area contributed by atoms with Crippen molar-refractivity contribution in [3.63, 3.8) is 0 Å². The van der Waals surface area contributed by atoms with E-state index in [0.29, 0.717) is 24.0 Å². The number of methoxy groups -OCH3 is 3. The standard InChI is InChI=1S/C20H28N4O3/c1-24(2)17(14-6-11-18(26-4)19(12-14)27-5)13-22-20(21)23-15-7-9-16(25-3)10-8-15/h6-12,17H,13H2,1-5H3,(H3,21,22,23). The molecule has 146 valence electrons. The number of nitrogens with one attached hydrogen (secondary N) is 1. The van der Waals surface area contributed by atoms with Crippen LogP contribution in [0.5, 0.6) is 17.2 Å². The molecular weight excluding hydrogens is 344 g/mol. The van der Waals surface area contributed by atoms with E-state index in [9.17, 15) is 0 Å². The summed E-state index contributed by atoms with van der Waals surface area (Å²) in [7, 11) is 8.89. The molecule has 3 N–H and O–H groups in total. The molecule has 0 aliphatic heterocycles. The average molecular weight is 372 g/mol. The molecule has 0 spiro atoms. The van der Waals surface area contributed by atoms with Gasteiger partial charge < -0.3 is 30.2 Å². The van der Waals surface area contributed by atoms with E-state index in [2.05, 4.69) is 15.2 Å². The van der Waals surface area contributed by atoms with Gasteiger partial charge in [-0.05, 0) is 56.1 Å². The third-order valence-electron chi connectivity index (χ3n) is 4.21. The molecule has 0 amide bonds. The zero-order valence-corrected chi connectivity index (χ0v) is 16.5. The smallest absolute Gasteiger partial charge is 0.193 e. The summed E-state index contributed by atoms with van der Waals surface area (Å²) in [6.45, 7) is 0.497. The number of hydrogen-bond acceptors (Lipinski definition) is 5. The lowest BCUT2D eigenvalue weighted by molar-refractivity contribution is 0.303. The second-order valence-corrected chi connectivity index (χ2v) is 6.17. The minimum atomic E-state index is 0.0426. The Morgan fingerprint density at radius 1 is 1.00 bits per heavy atom. The van der Waals surface area contributed by atoms with E-state index in [1.165, 1.54) is 0 Å². The van der Waals surface area contributed by atoms with Crippen LogP contribution in [-0.2, 0) is 0 Å². The van der Waals surface area contributed by atoms with Crippen molar-refractivity contribution in [3.8, 4) is 17.2 Å². The summed E-state index contributed by atoms with van der Waals surface area (Å²) < 4.78 is 15.9. The number of benzene rings is 2. The minimum Gasteiger partial charge on any atom is -0.497 e. The van der Waals surface area contributed by atoms with E-state index in [-0.39, 0.29) is 6.04 Å². The lowest BCUT2D eigenvalue weighted by Gasteiger charge is -2.24. The van der Waals surface area contributed by atoms with Gasteiger partial charge in [0.15, 0.2) is 17.5 Å². The van der Waals surface area contributed by atoms with Crippen LogP contribution in [0.25, 0.3) is 0 Å². The molecule has 2 aromatic rings. The largest absolute Gasteiger partial charge is 0.497 e. The Morgan fingerprint density at radius 3 is 2.22 bits per heavy atom. The van der Waals surface area contributed by atoms with Crippen molar-refractivity contribution in [1.29, 1.82) is 0 Å². The van der Waals surface area contributed by atoms with Gasteiger partial charge in [0.1, 0.15) is 5.75 Å². The Morgan fingerprint density at radius 2 is 1.67 bits per heavy atom. The van der Waals surface area contributed by atoms with E-state index in [0.717, 1.165) is 17.0 Å². The monoisotopic (exact) mass is 372 g/mol. The summed E-state index contributed by atoms with van der Waals surface area (Å²) in [5.41, 5.74) is 7.97. The van der Waals surface area contributed by atoms with Crippen LogP contribution in [0.3, 0.4) is 0 Å². The molecule has 2 aromatic carbocycles. The van der Waals surface area contributed by atoms with Gasteiger partial charge in [0, 0.05) is 5.69 Å². The molecule has 2 rings (SSSR count). The van der Waals surface area contributed by atoms with Gasteiger partial charge >= 0.3 is 0 Å². The maximum Gasteiger partial charge on any atom is 0.193 e. The molecule has 1 unspecified atom stereocenters. The first-order valence-electron chi connectivity index (χ1n) is 8.57. The van der Waals surface area contributed by atoms with Crippen LogP contribution in [0.15, 0.2) is 47.5 Å². The van der Waals surface area contributed by atoms with Crippen LogP contribution in [0, 0.1) is 0 Å². The highest BCUT2D eigenvalue weighted by Gasteiger charge is 2.16. The number of nitrogens with zero attached hydrogens (tertiary/aromatic N) is 2. The van der Waals surface area contributed by atoms with Gasteiger partial charge in [-0.15, -0.1) is 0 Å². The number of likely N-dealkylation sites (N-methyl/N-ethyl adjacent to an activating group) is 1. The number of guanidine groups is 1. The van der Waals surface area contributed by atoms with Crippen molar-refractivity contribution in [3.05, 3.63) is 48.0 Å². The summed E-state index contributed by atoms with van der Waals surface area (Å²) in [6.07, 6.45) is 0. The van der Waals surface area contributed by atoms with Crippen molar-refractivity contribution < 1.29 is 14.2 Å². The lowest BCUT2D eigenvalue weighted by Crippen LogP contribution is -2.27. The fraction of sp³-hybridized carbons (Fsp3) is 0.350. The highest BCUT2D eigenvalue weighted by Crippen LogP contribution is 2.31. The van der Waals surface area contributed by atoms with Crippen molar-refractivity contribution in [2.45, 2.75) is 6.04 Å². The van der Waals surface area contributed by atoms with Gasteiger partial charge in [0.2, 0.25) is 0 Å². The quantitative estimate of drug-likeness (QED) is 0.548. The first-order chi connectivity index (χ1) is 13.0. The zero-order chi connectivity index (χ0) is 19.8. The summed E-state index contributed by atoms with van der Waals surface area (Å²) in [4.78, 5) is 6.59. The fourth-order valence-corrected chi connectivity index (χ4v) is 2.67. The molecule has 7 heteroatoms. The SMILES string of the molecule is COc1ccc(NC(N)=NCC(c2ccc(OC)c(OC)c2)N(C)C)cc1. The van der Waals surface area contributed by atoms with E-state index in [1.807, 2.05) is 56.6 Å². The van der Waals surface area contributed by atoms with E-state index >= 15 is 0 Å². The molecule has 27 heavy (non-hydrogen) atoms. The Kier molecular flexibility index (Phi) is 7.31. The van der Waals surface area contributed by atoms with Crippen LogP contribution in [-0.4, -0.2) is 52.8 Å². The van der Waals surface area contributed by atoms with Crippen LogP contribution in [0.1, 0.15) is 11.6 Å². The number of nitrogens with two attached hydrogens (primary N) is 1. The Balaban J connectivity index is 2.11. The average Bonchev–Trinajstić information content (AvgIpc) is 2.68. The molecule has 0 aliphatic carbocycles. The summed E-state index contributed by atoms with van der Waals surface area (Å²) in [5.74, 6) is 2.53. The molecule has 1 atom stereocenters. The third-order valence-corrected chi connectivity index (χ3v) is 4.21. The Hall–Kier alpha value is -2.93. The number of rotatable bonds is 8. The van der Waals surface area contributed by atoms with Gasteiger partial charge in [-0.3, -0.25) is 4.99 Å². The molecular formula is C20H28N4O3. The normalized spacial score (nSPS) is 12.6. The predicted molar refractivity (Wildman–Crippen MR) is 109 cm³/mol. The molecule has 0 heterocycles. The van der Waals surface area contributed by atoms with Crippen molar-refractivity contribution in [2.24, 2.45) is 10.7 Å². The first-order valence-corrected chi connectivity index (χ1v) is 8.57. The fourth-order valence-electron chi connectivity index (χ4n) is 2.67. The van der Waals surface area contributed by atoms with E-state index in [1.54, 1.807) is 21.3 Å². The van der Waals surface area contributed by atoms with Gasteiger partial charge in [-0.1, -0.05) is 6.07 Å². The third kappa shape index (κ3) is 5.52. The van der Waals surface area contributed by atoms with Gasteiger partial charge in [0.25, 0.3) is 0 Å². The van der Waals surface area contributed by atoms with Crippen LogP contribution < -0.4 is 25.3 Å². The molecule has 0 fully saturated rings. The van der Waals surface area contributed by atoms with Crippen molar-refractivity contribution >= 4 is 11.6 Å². The second kappa shape index (κ2) is 9.68. The summed E-state index contributed by atoms with van der Waals surface area (Å²) in [6, 6.07) is 13.4. The summed E-state index contributed by atoms with van der Waals surface area (Å²) in [5, 5.41) is 3.09. The molecule has 0 radical (unpaired) electrons. The van der Waals surface area contributed by atoms with Crippen molar-refractivity contribution in [2.75, 3.05) is 47.3 Å². The predicted octanol–water partition coefficient (Wildman–Crippen LogP) is 2.74. The number of hydrogen-bond donors (Lipinski definition) is 2. The number of ether oxygens (including phenoxy) is 3. The Bertz CT molecular complexity index is 760. The van der Waals surface area contributed by atoms with Crippen LogP contribution in [0.4, 0.5) is 5.69 Å². The first kappa shape index (κ1) is 20.4. The maximum atomic E-state index is 6.05. The van der Waals surface area contributed by atoms with Gasteiger partial charge in [0.05, 0.1) is 33.9 Å². The molecule has 0 bridgehead atoms. The van der Waals surface area contributed by atoms with Gasteiger partial charge in [-0.2, -0.15) is 0 Å². The number of anilines is 1. The molecule has 0 aromatic heterocycles. The maximum absolute atomic E-state index is 6.05. The topological polar surface area (TPSA) is 81.3 Å².